The van der Waals surface area contributed by atoms with Crippen LogP contribution in [0.4, 0.5) is 0 Å². The smallest absolute Gasteiger partial charge is 0.00751 e. The molecule has 0 aromatic heterocycles. The van der Waals surface area contributed by atoms with Crippen molar-refractivity contribution in [3.8, 4) is 22.3 Å². The van der Waals surface area contributed by atoms with Crippen LogP contribution >= 0.6 is 11.8 Å². The largest absolute Gasteiger partial charge is 0.123 e. The first-order chi connectivity index (χ1) is 13.4. The third-order valence-electron chi connectivity index (χ3n) is 5.87. The van der Waals surface area contributed by atoms with Crippen LogP contribution in [0.2, 0.25) is 0 Å². The third-order valence-corrected chi connectivity index (χ3v) is 7.15. The summed E-state index contributed by atoms with van der Waals surface area (Å²) in [6.07, 6.45) is 2.35. The SMILES string of the molecule is CCC(C)Sc1ccc(-c2ccc(-c3ccc(C(C)(C)CC)cc3)cc2)cc1. The molecule has 0 saturated carbocycles. The molecule has 0 radical (unpaired) electrons. The van der Waals surface area contributed by atoms with E-state index >= 15 is 0 Å². The summed E-state index contributed by atoms with van der Waals surface area (Å²) in [5.74, 6) is 0. The summed E-state index contributed by atoms with van der Waals surface area (Å²) in [7, 11) is 0. The van der Waals surface area contributed by atoms with E-state index in [0.717, 1.165) is 6.42 Å². The molecular formula is C27H32S. The minimum atomic E-state index is 0.238. The second-order valence-electron chi connectivity index (χ2n) is 8.25. The predicted octanol–water partition coefficient (Wildman–Crippen LogP) is 8.60. The van der Waals surface area contributed by atoms with Crippen molar-refractivity contribution >= 4 is 11.8 Å². The maximum Gasteiger partial charge on any atom is 0.00751 e. The van der Waals surface area contributed by atoms with Gasteiger partial charge in [-0.05, 0) is 58.2 Å². The van der Waals surface area contributed by atoms with Crippen molar-refractivity contribution in [3.05, 3.63) is 78.4 Å². The van der Waals surface area contributed by atoms with Crippen LogP contribution in [0.5, 0.6) is 0 Å². The number of hydrogen-bond acceptors (Lipinski definition) is 1. The van der Waals surface area contributed by atoms with Crippen LogP contribution in [0.3, 0.4) is 0 Å². The molecule has 1 atom stereocenters. The van der Waals surface area contributed by atoms with Gasteiger partial charge in [-0.2, -0.15) is 0 Å². The molecule has 0 spiro atoms. The Kier molecular flexibility index (Phi) is 6.67. The Bertz CT molecular complexity index is 871. The fraction of sp³-hybridized carbons (Fsp3) is 0.333. The van der Waals surface area contributed by atoms with Crippen LogP contribution < -0.4 is 0 Å². The Morgan fingerprint density at radius 1 is 0.679 bits per heavy atom. The van der Waals surface area contributed by atoms with E-state index in [1.165, 1.54) is 39.1 Å². The molecule has 1 unspecified atom stereocenters. The van der Waals surface area contributed by atoms with Gasteiger partial charge in [0, 0.05) is 10.1 Å². The van der Waals surface area contributed by atoms with Gasteiger partial charge in [0.15, 0.2) is 0 Å². The molecular weight excluding hydrogens is 356 g/mol. The molecule has 146 valence electrons. The van der Waals surface area contributed by atoms with Gasteiger partial charge in [-0.15, -0.1) is 11.8 Å². The highest BCUT2D eigenvalue weighted by Crippen LogP contribution is 2.31. The van der Waals surface area contributed by atoms with Gasteiger partial charge in [-0.25, -0.2) is 0 Å². The summed E-state index contributed by atoms with van der Waals surface area (Å²) in [5, 5.41) is 0.666. The van der Waals surface area contributed by atoms with E-state index in [1.807, 2.05) is 11.8 Å². The summed E-state index contributed by atoms with van der Waals surface area (Å²) >= 11 is 1.95. The zero-order valence-electron chi connectivity index (χ0n) is 17.8. The lowest BCUT2D eigenvalue weighted by molar-refractivity contribution is 0.506. The first-order valence-electron chi connectivity index (χ1n) is 10.4. The topological polar surface area (TPSA) is 0 Å². The van der Waals surface area contributed by atoms with Crippen molar-refractivity contribution < 1.29 is 0 Å². The van der Waals surface area contributed by atoms with Crippen molar-refractivity contribution in [1.29, 1.82) is 0 Å². The number of rotatable bonds is 7. The highest BCUT2D eigenvalue weighted by atomic mass is 32.2. The molecule has 0 bridgehead atoms. The second kappa shape index (κ2) is 9.01. The molecule has 0 amide bonds. The normalized spacial score (nSPS) is 12.8. The van der Waals surface area contributed by atoms with E-state index in [-0.39, 0.29) is 5.41 Å². The summed E-state index contributed by atoms with van der Waals surface area (Å²) in [4.78, 5) is 1.35. The highest BCUT2D eigenvalue weighted by Gasteiger charge is 2.17. The monoisotopic (exact) mass is 388 g/mol. The number of benzene rings is 3. The van der Waals surface area contributed by atoms with E-state index in [1.54, 1.807) is 0 Å². The zero-order valence-corrected chi connectivity index (χ0v) is 18.6. The lowest BCUT2D eigenvalue weighted by atomic mass is 9.82. The summed E-state index contributed by atoms with van der Waals surface area (Å²) in [6.45, 7) is 11.4. The second-order valence-corrected chi connectivity index (χ2v) is 9.77. The van der Waals surface area contributed by atoms with E-state index in [4.69, 9.17) is 0 Å². The van der Waals surface area contributed by atoms with Crippen LogP contribution in [0.1, 0.15) is 53.0 Å². The van der Waals surface area contributed by atoms with Gasteiger partial charge in [0.2, 0.25) is 0 Å². The van der Waals surface area contributed by atoms with E-state index in [0.29, 0.717) is 5.25 Å². The molecule has 28 heavy (non-hydrogen) atoms. The summed E-state index contributed by atoms with van der Waals surface area (Å²) in [5.41, 5.74) is 6.75. The maximum atomic E-state index is 2.31. The minimum absolute atomic E-state index is 0.238. The molecule has 0 N–H and O–H groups in total. The first-order valence-corrected chi connectivity index (χ1v) is 11.3. The van der Waals surface area contributed by atoms with Crippen LogP contribution in [-0.4, -0.2) is 5.25 Å². The minimum Gasteiger partial charge on any atom is -0.123 e. The molecule has 0 aliphatic heterocycles. The molecule has 3 aromatic carbocycles. The van der Waals surface area contributed by atoms with E-state index < -0.39 is 0 Å². The Labute approximate surface area is 175 Å². The Balaban J connectivity index is 1.74. The lowest BCUT2D eigenvalue weighted by Gasteiger charge is -2.23. The quantitative estimate of drug-likeness (QED) is 0.365. The maximum absolute atomic E-state index is 2.31. The van der Waals surface area contributed by atoms with Crippen LogP contribution in [-0.2, 0) is 5.41 Å². The van der Waals surface area contributed by atoms with E-state index in [2.05, 4.69) is 107 Å². The van der Waals surface area contributed by atoms with Crippen LogP contribution in [0.15, 0.2) is 77.7 Å². The molecule has 0 aliphatic rings. The Morgan fingerprint density at radius 2 is 1.07 bits per heavy atom. The molecule has 3 rings (SSSR count). The van der Waals surface area contributed by atoms with Crippen molar-refractivity contribution in [2.24, 2.45) is 0 Å². The Hall–Kier alpha value is -1.99. The lowest BCUT2D eigenvalue weighted by Crippen LogP contribution is -2.14. The van der Waals surface area contributed by atoms with Crippen molar-refractivity contribution in [1.82, 2.24) is 0 Å². The fourth-order valence-corrected chi connectivity index (χ4v) is 4.14. The highest BCUT2D eigenvalue weighted by molar-refractivity contribution is 7.99. The van der Waals surface area contributed by atoms with Gasteiger partial charge in [0.05, 0.1) is 0 Å². The molecule has 0 fully saturated rings. The number of hydrogen-bond donors (Lipinski definition) is 0. The van der Waals surface area contributed by atoms with Gasteiger partial charge in [-0.1, -0.05) is 95.3 Å². The molecule has 3 aromatic rings. The van der Waals surface area contributed by atoms with Gasteiger partial charge in [0.25, 0.3) is 0 Å². The van der Waals surface area contributed by atoms with E-state index in [9.17, 15) is 0 Å². The van der Waals surface area contributed by atoms with Crippen molar-refractivity contribution in [2.45, 2.75) is 63.0 Å². The average Bonchev–Trinajstić information content (AvgIpc) is 2.74. The van der Waals surface area contributed by atoms with Crippen LogP contribution in [0.25, 0.3) is 22.3 Å². The van der Waals surface area contributed by atoms with Crippen molar-refractivity contribution in [2.75, 3.05) is 0 Å². The van der Waals surface area contributed by atoms with Crippen molar-refractivity contribution in [3.63, 3.8) is 0 Å². The molecule has 1 heteroatoms. The zero-order chi connectivity index (χ0) is 20.1. The summed E-state index contributed by atoms with van der Waals surface area (Å²) in [6, 6.07) is 27.0. The molecule has 0 aliphatic carbocycles. The van der Waals surface area contributed by atoms with Gasteiger partial charge < -0.3 is 0 Å². The van der Waals surface area contributed by atoms with Crippen LogP contribution in [0, 0.1) is 0 Å². The number of thioether (sulfide) groups is 1. The standard InChI is InChI=1S/C27H32S/c1-6-20(3)28-26-18-14-24(15-19-26)22-10-8-21(9-11-22)23-12-16-25(17-13-23)27(4,5)7-2/h8-20H,6-7H2,1-5H3. The molecule has 0 saturated heterocycles. The molecule has 0 heterocycles. The fourth-order valence-electron chi connectivity index (χ4n) is 3.21. The third kappa shape index (κ3) is 4.89. The average molecular weight is 389 g/mol. The van der Waals surface area contributed by atoms with Gasteiger partial charge in [-0.3, -0.25) is 0 Å². The Morgan fingerprint density at radius 3 is 1.46 bits per heavy atom. The first kappa shape index (κ1) is 20.7. The van der Waals surface area contributed by atoms with Gasteiger partial charge >= 0.3 is 0 Å². The van der Waals surface area contributed by atoms with Gasteiger partial charge in [0.1, 0.15) is 0 Å². The molecule has 0 nitrogen and oxygen atoms in total. The predicted molar refractivity (Wildman–Crippen MR) is 126 cm³/mol. The summed E-state index contributed by atoms with van der Waals surface area (Å²) < 4.78 is 0.